The van der Waals surface area contributed by atoms with Gasteiger partial charge in [0.15, 0.2) is 0 Å². The Balaban J connectivity index is 1.64. The number of hydrogen-bond acceptors (Lipinski definition) is 3. The molecule has 2 aliphatic heterocycles. The van der Waals surface area contributed by atoms with Gasteiger partial charge in [0.2, 0.25) is 0 Å². The fourth-order valence-electron chi connectivity index (χ4n) is 3.41. The van der Waals surface area contributed by atoms with Crippen molar-refractivity contribution in [1.29, 1.82) is 0 Å². The van der Waals surface area contributed by atoms with Gasteiger partial charge in [0.25, 0.3) is 0 Å². The minimum atomic E-state index is 0.806. The summed E-state index contributed by atoms with van der Waals surface area (Å²) in [7, 11) is 2.20. The van der Waals surface area contributed by atoms with E-state index in [9.17, 15) is 0 Å². The molecule has 1 aromatic rings. The SMILES string of the molecule is CN1CCN(c2ccc(CC3CCCNC3)cc2Br)CC1. The maximum atomic E-state index is 3.79. The molecule has 2 aliphatic rings. The number of hydrogen-bond donors (Lipinski definition) is 1. The van der Waals surface area contributed by atoms with Gasteiger partial charge in [-0.15, -0.1) is 0 Å². The van der Waals surface area contributed by atoms with E-state index in [0.717, 1.165) is 32.1 Å². The molecule has 21 heavy (non-hydrogen) atoms. The molecular formula is C17H26BrN3. The first-order valence-electron chi connectivity index (χ1n) is 8.15. The molecule has 0 aliphatic carbocycles. The van der Waals surface area contributed by atoms with E-state index in [4.69, 9.17) is 0 Å². The highest BCUT2D eigenvalue weighted by Crippen LogP contribution is 2.29. The van der Waals surface area contributed by atoms with Gasteiger partial charge in [-0.2, -0.15) is 0 Å². The van der Waals surface area contributed by atoms with Crippen LogP contribution in [0.2, 0.25) is 0 Å². The van der Waals surface area contributed by atoms with Crippen LogP contribution in [0, 0.1) is 5.92 Å². The van der Waals surface area contributed by atoms with Crippen LogP contribution in [0.25, 0.3) is 0 Å². The highest BCUT2D eigenvalue weighted by molar-refractivity contribution is 9.10. The van der Waals surface area contributed by atoms with Crippen molar-refractivity contribution >= 4 is 21.6 Å². The second kappa shape index (κ2) is 7.12. The first kappa shape index (κ1) is 15.3. The zero-order valence-electron chi connectivity index (χ0n) is 12.9. The first-order valence-corrected chi connectivity index (χ1v) is 8.94. The highest BCUT2D eigenvalue weighted by atomic mass is 79.9. The molecule has 1 aromatic carbocycles. The molecule has 3 nitrogen and oxygen atoms in total. The Labute approximate surface area is 136 Å². The van der Waals surface area contributed by atoms with Crippen molar-refractivity contribution < 1.29 is 0 Å². The average Bonchev–Trinajstić information content (AvgIpc) is 2.50. The Bertz CT molecular complexity index is 463. The van der Waals surface area contributed by atoms with Crippen molar-refractivity contribution in [2.75, 3.05) is 51.2 Å². The lowest BCUT2D eigenvalue weighted by Gasteiger charge is -2.34. The molecule has 0 saturated carbocycles. The van der Waals surface area contributed by atoms with Gasteiger partial charge in [0.1, 0.15) is 0 Å². The van der Waals surface area contributed by atoms with Gasteiger partial charge in [0.05, 0.1) is 5.69 Å². The fourth-order valence-corrected chi connectivity index (χ4v) is 4.09. The molecule has 1 N–H and O–H groups in total. The lowest BCUT2D eigenvalue weighted by Crippen LogP contribution is -2.44. The summed E-state index contributed by atoms with van der Waals surface area (Å²) >= 11 is 3.79. The number of anilines is 1. The summed E-state index contributed by atoms with van der Waals surface area (Å²) < 4.78 is 1.26. The maximum Gasteiger partial charge on any atom is 0.0511 e. The number of nitrogens with zero attached hydrogens (tertiary/aromatic N) is 2. The number of likely N-dealkylation sites (N-methyl/N-ethyl adjacent to an activating group) is 1. The van der Waals surface area contributed by atoms with Crippen molar-refractivity contribution in [3.8, 4) is 0 Å². The van der Waals surface area contributed by atoms with Crippen LogP contribution in [0.15, 0.2) is 22.7 Å². The molecule has 4 heteroatoms. The summed E-state index contributed by atoms with van der Waals surface area (Å²) in [6, 6.07) is 6.97. The number of nitrogens with one attached hydrogen (secondary N) is 1. The van der Waals surface area contributed by atoms with Gasteiger partial charge in [-0.05, 0) is 78.9 Å². The molecular weight excluding hydrogens is 326 g/mol. The van der Waals surface area contributed by atoms with Crippen LogP contribution in [-0.4, -0.2) is 51.2 Å². The van der Waals surface area contributed by atoms with Gasteiger partial charge in [-0.3, -0.25) is 0 Å². The van der Waals surface area contributed by atoms with Gasteiger partial charge in [0, 0.05) is 30.7 Å². The molecule has 0 radical (unpaired) electrons. The normalized spacial score (nSPS) is 24.3. The van der Waals surface area contributed by atoms with E-state index in [1.54, 1.807) is 0 Å². The molecule has 0 spiro atoms. The molecule has 2 fully saturated rings. The maximum absolute atomic E-state index is 3.79. The Hall–Kier alpha value is -0.580. The van der Waals surface area contributed by atoms with E-state index in [0.29, 0.717) is 0 Å². The van der Waals surface area contributed by atoms with Gasteiger partial charge >= 0.3 is 0 Å². The Morgan fingerprint density at radius 3 is 2.71 bits per heavy atom. The van der Waals surface area contributed by atoms with E-state index >= 15 is 0 Å². The topological polar surface area (TPSA) is 18.5 Å². The Morgan fingerprint density at radius 2 is 2.05 bits per heavy atom. The van der Waals surface area contributed by atoms with E-state index < -0.39 is 0 Å². The second-order valence-corrected chi connectivity index (χ2v) is 7.35. The molecule has 2 saturated heterocycles. The smallest absolute Gasteiger partial charge is 0.0511 e. The molecule has 0 aromatic heterocycles. The standard InChI is InChI=1S/C17H26BrN3/c1-20-7-9-21(10-8-20)17-5-4-14(12-16(17)18)11-15-3-2-6-19-13-15/h4-5,12,15,19H,2-3,6-11,13H2,1H3. The van der Waals surface area contributed by atoms with Gasteiger partial charge in [-0.1, -0.05) is 6.07 Å². The van der Waals surface area contributed by atoms with Crippen LogP contribution in [0.1, 0.15) is 18.4 Å². The molecule has 1 unspecified atom stereocenters. The summed E-state index contributed by atoms with van der Waals surface area (Å²) in [5.41, 5.74) is 2.82. The molecule has 3 rings (SSSR count). The van der Waals surface area contributed by atoms with E-state index in [1.165, 1.54) is 48.1 Å². The Morgan fingerprint density at radius 1 is 1.24 bits per heavy atom. The fraction of sp³-hybridized carbons (Fsp3) is 0.647. The molecule has 116 valence electrons. The summed E-state index contributed by atoms with van der Waals surface area (Å²) in [4.78, 5) is 4.89. The number of piperazine rings is 1. The van der Waals surface area contributed by atoms with Crippen LogP contribution < -0.4 is 10.2 Å². The van der Waals surface area contributed by atoms with Gasteiger partial charge < -0.3 is 15.1 Å². The largest absolute Gasteiger partial charge is 0.368 e. The van der Waals surface area contributed by atoms with Crippen molar-refractivity contribution in [1.82, 2.24) is 10.2 Å². The number of benzene rings is 1. The minimum absolute atomic E-state index is 0.806. The van der Waals surface area contributed by atoms with Crippen molar-refractivity contribution in [3.63, 3.8) is 0 Å². The lowest BCUT2D eigenvalue weighted by molar-refractivity contribution is 0.312. The van der Waals surface area contributed by atoms with E-state index in [2.05, 4.69) is 56.3 Å². The van der Waals surface area contributed by atoms with Crippen molar-refractivity contribution in [2.24, 2.45) is 5.92 Å². The Kier molecular flexibility index (Phi) is 5.19. The van der Waals surface area contributed by atoms with Crippen LogP contribution >= 0.6 is 15.9 Å². The van der Waals surface area contributed by atoms with Gasteiger partial charge in [-0.25, -0.2) is 0 Å². The summed E-state index contributed by atoms with van der Waals surface area (Å²) in [6.07, 6.45) is 3.89. The zero-order valence-corrected chi connectivity index (χ0v) is 14.5. The third-order valence-electron chi connectivity index (χ3n) is 4.78. The minimum Gasteiger partial charge on any atom is -0.368 e. The third-order valence-corrected chi connectivity index (χ3v) is 5.41. The molecule has 0 amide bonds. The summed E-state index contributed by atoms with van der Waals surface area (Å²) in [5.74, 6) is 0.806. The monoisotopic (exact) mass is 351 g/mol. The number of halogens is 1. The van der Waals surface area contributed by atoms with Crippen LogP contribution in [-0.2, 0) is 6.42 Å². The summed E-state index contributed by atoms with van der Waals surface area (Å²) in [6.45, 7) is 6.94. The second-order valence-electron chi connectivity index (χ2n) is 6.49. The predicted molar refractivity (Wildman–Crippen MR) is 93.1 cm³/mol. The number of rotatable bonds is 3. The van der Waals surface area contributed by atoms with Crippen LogP contribution in [0.5, 0.6) is 0 Å². The number of piperidine rings is 1. The molecule has 0 bridgehead atoms. The zero-order chi connectivity index (χ0) is 14.7. The molecule has 1 atom stereocenters. The lowest BCUT2D eigenvalue weighted by atomic mass is 9.92. The van der Waals surface area contributed by atoms with E-state index in [-0.39, 0.29) is 0 Å². The third kappa shape index (κ3) is 3.99. The van der Waals surface area contributed by atoms with Crippen molar-refractivity contribution in [2.45, 2.75) is 19.3 Å². The van der Waals surface area contributed by atoms with E-state index in [1.807, 2.05) is 0 Å². The van der Waals surface area contributed by atoms with Crippen LogP contribution in [0.4, 0.5) is 5.69 Å². The summed E-state index contributed by atoms with van der Waals surface area (Å²) in [5, 5.41) is 3.51. The quantitative estimate of drug-likeness (QED) is 0.903. The predicted octanol–water partition coefficient (Wildman–Crippen LogP) is 2.74. The van der Waals surface area contributed by atoms with Crippen LogP contribution in [0.3, 0.4) is 0 Å². The first-order chi connectivity index (χ1) is 10.2. The average molecular weight is 352 g/mol. The molecule has 2 heterocycles. The highest BCUT2D eigenvalue weighted by Gasteiger charge is 2.18. The van der Waals surface area contributed by atoms with Crippen molar-refractivity contribution in [3.05, 3.63) is 28.2 Å².